The Balaban J connectivity index is 2.12. The summed E-state index contributed by atoms with van der Waals surface area (Å²) in [4.78, 5) is 0.151. The van der Waals surface area contributed by atoms with Gasteiger partial charge in [0.05, 0.1) is 38.5 Å². The van der Waals surface area contributed by atoms with Crippen LogP contribution in [0, 0.1) is 0 Å². The number of hydrogen-bond acceptors (Lipinski definition) is 5. The van der Waals surface area contributed by atoms with Crippen LogP contribution in [0.15, 0.2) is 76.1 Å². The maximum absolute atomic E-state index is 13.6. The molecule has 0 aliphatic heterocycles. The lowest BCUT2D eigenvalue weighted by Crippen LogP contribution is -2.31. The topological polar surface area (TPSA) is 65.1 Å². The van der Waals surface area contributed by atoms with Crippen LogP contribution in [0.3, 0.4) is 0 Å². The average molecular weight is 492 g/mol. The van der Waals surface area contributed by atoms with Crippen molar-refractivity contribution in [1.29, 1.82) is 0 Å². The van der Waals surface area contributed by atoms with Gasteiger partial charge in [-0.1, -0.05) is 28.1 Å². The van der Waals surface area contributed by atoms with E-state index in [0.717, 1.165) is 10.0 Å². The lowest BCUT2D eigenvalue weighted by Gasteiger charge is -2.26. The van der Waals surface area contributed by atoms with E-state index in [0.29, 0.717) is 22.9 Å². The molecule has 0 saturated carbocycles. The molecule has 0 bridgehead atoms. The molecule has 3 aromatic carbocycles. The number of benzene rings is 3. The Hall–Kier alpha value is -2.71. The largest absolute Gasteiger partial charge is 0.497 e. The first-order chi connectivity index (χ1) is 14.4. The van der Waals surface area contributed by atoms with Crippen LogP contribution >= 0.6 is 15.9 Å². The van der Waals surface area contributed by atoms with Crippen LogP contribution in [-0.2, 0) is 16.6 Å². The Morgan fingerprint density at radius 3 is 1.97 bits per heavy atom. The fraction of sp³-hybridized carbons (Fsp3) is 0.182. The van der Waals surface area contributed by atoms with E-state index in [2.05, 4.69) is 15.9 Å². The molecule has 0 atom stereocenters. The Morgan fingerprint density at radius 1 is 0.800 bits per heavy atom. The summed E-state index contributed by atoms with van der Waals surface area (Å²) in [7, 11) is 0.679. The highest BCUT2D eigenvalue weighted by Gasteiger charge is 2.28. The number of sulfonamides is 1. The quantitative estimate of drug-likeness (QED) is 0.449. The lowest BCUT2D eigenvalue weighted by molar-refractivity contribution is 0.394. The van der Waals surface area contributed by atoms with Crippen molar-refractivity contribution in [2.45, 2.75) is 11.4 Å². The molecule has 0 heterocycles. The van der Waals surface area contributed by atoms with Crippen molar-refractivity contribution in [3.63, 3.8) is 0 Å². The van der Waals surface area contributed by atoms with Crippen molar-refractivity contribution < 1.29 is 22.6 Å². The Kier molecular flexibility index (Phi) is 6.89. The number of ether oxygens (including phenoxy) is 3. The smallest absolute Gasteiger partial charge is 0.264 e. The first-order valence-electron chi connectivity index (χ1n) is 9.02. The predicted molar refractivity (Wildman–Crippen MR) is 120 cm³/mol. The van der Waals surface area contributed by atoms with Crippen molar-refractivity contribution in [2.24, 2.45) is 0 Å². The highest BCUT2D eigenvalue weighted by atomic mass is 79.9. The van der Waals surface area contributed by atoms with Crippen LogP contribution in [0.5, 0.6) is 17.2 Å². The van der Waals surface area contributed by atoms with Crippen molar-refractivity contribution in [3.05, 3.63) is 76.8 Å². The maximum atomic E-state index is 13.6. The first kappa shape index (κ1) is 22.0. The molecule has 0 aliphatic rings. The number of anilines is 1. The third-order valence-electron chi connectivity index (χ3n) is 4.54. The van der Waals surface area contributed by atoms with Crippen LogP contribution in [0.4, 0.5) is 5.69 Å². The Bertz CT molecular complexity index is 1100. The van der Waals surface area contributed by atoms with E-state index in [1.54, 1.807) is 37.4 Å². The van der Waals surface area contributed by atoms with Gasteiger partial charge in [0.2, 0.25) is 0 Å². The zero-order valence-electron chi connectivity index (χ0n) is 16.8. The molecule has 0 amide bonds. The van der Waals surface area contributed by atoms with Crippen LogP contribution in [0.25, 0.3) is 0 Å². The molecular formula is C22H22BrNO5S. The van der Waals surface area contributed by atoms with Crippen molar-refractivity contribution >= 4 is 31.6 Å². The second-order valence-corrected chi connectivity index (χ2v) is 9.13. The minimum atomic E-state index is -3.89. The zero-order chi connectivity index (χ0) is 21.7. The number of hydrogen-bond donors (Lipinski definition) is 0. The van der Waals surface area contributed by atoms with Crippen LogP contribution in [0.1, 0.15) is 5.56 Å². The van der Waals surface area contributed by atoms with E-state index in [9.17, 15) is 8.42 Å². The summed E-state index contributed by atoms with van der Waals surface area (Å²) in [5, 5.41) is 0. The summed E-state index contributed by atoms with van der Waals surface area (Å²) < 4.78 is 45.4. The number of halogens is 1. The summed E-state index contributed by atoms with van der Waals surface area (Å²) in [6.07, 6.45) is 0. The molecule has 8 heteroatoms. The predicted octanol–water partition coefficient (Wildman–Crippen LogP) is 4.87. The van der Waals surface area contributed by atoms with E-state index >= 15 is 0 Å². The van der Waals surface area contributed by atoms with Crippen molar-refractivity contribution in [3.8, 4) is 17.2 Å². The van der Waals surface area contributed by atoms with Gasteiger partial charge in [-0.3, -0.25) is 4.31 Å². The highest BCUT2D eigenvalue weighted by molar-refractivity contribution is 9.10. The molecule has 6 nitrogen and oxygen atoms in total. The van der Waals surface area contributed by atoms with Gasteiger partial charge in [0.1, 0.15) is 17.2 Å². The minimum absolute atomic E-state index is 0.129. The molecule has 0 aromatic heterocycles. The highest BCUT2D eigenvalue weighted by Crippen LogP contribution is 2.36. The van der Waals surface area contributed by atoms with Gasteiger partial charge in [-0.05, 0) is 54.1 Å². The van der Waals surface area contributed by atoms with Gasteiger partial charge in [-0.15, -0.1) is 0 Å². The third-order valence-corrected chi connectivity index (χ3v) is 6.85. The Morgan fingerprint density at radius 2 is 1.40 bits per heavy atom. The molecule has 0 fully saturated rings. The molecule has 3 aromatic rings. The Labute approximate surface area is 185 Å². The summed E-state index contributed by atoms with van der Waals surface area (Å²) in [5.41, 5.74) is 1.24. The minimum Gasteiger partial charge on any atom is -0.497 e. The van der Waals surface area contributed by atoms with Gasteiger partial charge in [0, 0.05) is 10.5 Å². The molecule has 0 saturated heterocycles. The van der Waals surface area contributed by atoms with Crippen LogP contribution in [0.2, 0.25) is 0 Å². The molecule has 158 valence electrons. The first-order valence-corrected chi connectivity index (χ1v) is 11.3. The summed E-state index contributed by atoms with van der Waals surface area (Å²) >= 11 is 3.41. The number of methoxy groups -OCH3 is 3. The molecular weight excluding hydrogens is 470 g/mol. The van der Waals surface area contributed by atoms with E-state index in [1.165, 1.54) is 30.7 Å². The second kappa shape index (κ2) is 9.40. The van der Waals surface area contributed by atoms with Gasteiger partial charge in [-0.25, -0.2) is 8.42 Å². The van der Waals surface area contributed by atoms with Crippen LogP contribution in [-0.4, -0.2) is 29.7 Å². The summed E-state index contributed by atoms with van der Waals surface area (Å²) in [6, 6.07) is 18.8. The SMILES string of the molecule is COc1ccc(S(=O)(=O)N(Cc2ccc(Br)cc2)c2ccc(OC)cc2OC)cc1. The van der Waals surface area contributed by atoms with Gasteiger partial charge in [0.25, 0.3) is 10.0 Å². The van der Waals surface area contributed by atoms with Gasteiger partial charge < -0.3 is 14.2 Å². The standard InChI is InChI=1S/C22H22BrNO5S/c1-27-18-8-11-20(12-9-18)30(25,26)24(15-16-4-6-17(23)7-5-16)21-13-10-19(28-2)14-22(21)29-3/h4-14H,15H2,1-3H3. The van der Waals surface area contributed by atoms with E-state index in [-0.39, 0.29) is 11.4 Å². The number of rotatable bonds is 8. The molecule has 30 heavy (non-hydrogen) atoms. The van der Waals surface area contributed by atoms with E-state index in [4.69, 9.17) is 14.2 Å². The average Bonchev–Trinajstić information content (AvgIpc) is 2.78. The van der Waals surface area contributed by atoms with Gasteiger partial charge >= 0.3 is 0 Å². The van der Waals surface area contributed by atoms with Crippen LogP contribution < -0.4 is 18.5 Å². The fourth-order valence-electron chi connectivity index (χ4n) is 2.92. The third kappa shape index (κ3) is 4.71. The molecule has 0 unspecified atom stereocenters. The summed E-state index contributed by atoms with van der Waals surface area (Å²) in [5.74, 6) is 1.54. The van der Waals surface area contributed by atoms with E-state index in [1.807, 2.05) is 24.3 Å². The maximum Gasteiger partial charge on any atom is 0.264 e. The molecule has 0 aliphatic carbocycles. The van der Waals surface area contributed by atoms with Gasteiger partial charge in [0.15, 0.2) is 0 Å². The monoisotopic (exact) mass is 491 g/mol. The molecule has 3 rings (SSSR count). The van der Waals surface area contributed by atoms with Gasteiger partial charge in [-0.2, -0.15) is 0 Å². The fourth-order valence-corrected chi connectivity index (χ4v) is 4.65. The lowest BCUT2D eigenvalue weighted by atomic mass is 10.2. The number of nitrogens with zero attached hydrogens (tertiary/aromatic N) is 1. The van der Waals surface area contributed by atoms with E-state index < -0.39 is 10.0 Å². The normalized spacial score (nSPS) is 11.1. The zero-order valence-corrected chi connectivity index (χ0v) is 19.2. The molecule has 0 spiro atoms. The summed E-state index contributed by atoms with van der Waals surface area (Å²) in [6.45, 7) is 0.129. The second-order valence-electron chi connectivity index (χ2n) is 6.35. The van der Waals surface area contributed by atoms with Crippen molar-refractivity contribution in [2.75, 3.05) is 25.6 Å². The van der Waals surface area contributed by atoms with Crippen molar-refractivity contribution in [1.82, 2.24) is 0 Å². The molecule has 0 N–H and O–H groups in total. The molecule has 0 radical (unpaired) electrons.